The van der Waals surface area contributed by atoms with Gasteiger partial charge in [0.15, 0.2) is 0 Å². The summed E-state index contributed by atoms with van der Waals surface area (Å²) < 4.78 is 11.4. The van der Waals surface area contributed by atoms with Crippen LogP contribution < -0.4 is 9.47 Å². The van der Waals surface area contributed by atoms with Crippen LogP contribution in [0.3, 0.4) is 0 Å². The highest BCUT2D eigenvalue weighted by Gasteiger charge is 2.22. The Balaban J connectivity index is 1.33. The van der Waals surface area contributed by atoms with E-state index >= 15 is 0 Å². The van der Waals surface area contributed by atoms with E-state index in [-0.39, 0.29) is 5.91 Å². The second-order valence-corrected chi connectivity index (χ2v) is 8.61. The fraction of sp³-hybridized carbons (Fsp3) is 0.250. The van der Waals surface area contributed by atoms with E-state index in [9.17, 15) is 4.79 Å². The first-order chi connectivity index (χ1) is 16.6. The number of carbonyl (C=O) groups is 1. The van der Waals surface area contributed by atoms with Crippen LogP contribution in [0.1, 0.15) is 21.5 Å². The van der Waals surface area contributed by atoms with E-state index < -0.39 is 0 Å². The number of methoxy groups -OCH3 is 1. The van der Waals surface area contributed by atoms with Gasteiger partial charge < -0.3 is 14.4 Å². The molecular weight excluding hydrogens is 448 g/mol. The molecule has 1 amide bonds. The minimum Gasteiger partial charge on any atom is -0.496 e. The van der Waals surface area contributed by atoms with E-state index in [2.05, 4.69) is 29.2 Å². The van der Waals surface area contributed by atoms with Crippen LogP contribution in [-0.2, 0) is 6.61 Å². The van der Waals surface area contributed by atoms with Crippen molar-refractivity contribution in [3.8, 4) is 11.5 Å². The molecule has 1 aliphatic rings. The molecule has 0 N–H and O–H groups in total. The Morgan fingerprint density at radius 1 is 0.971 bits per heavy atom. The molecular formula is C28H29ClN2O3. The number of benzene rings is 3. The summed E-state index contributed by atoms with van der Waals surface area (Å²) in [6.45, 7) is 4.31. The molecule has 1 aliphatic heterocycles. The highest BCUT2D eigenvalue weighted by Crippen LogP contribution is 2.24. The molecule has 0 bridgehead atoms. The van der Waals surface area contributed by atoms with Gasteiger partial charge in [0.25, 0.3) is 5.91 Å². The summed E-state index contributed by atoms with van der Waals surface area (Å²) in [5.41, 5.74) is 2.67. The summed E-state index contributed by atoms with van der Waals surface area (Å²) in [5, 5.41) is 0.657. The molecule has 0 atom stereocenters. The maximum Gasteiger partial charge on any atom is 0.253 e. The van der Waals surface area contributed by atoms with Gasteiger partial charge in [-0.15, -0.1) is 0 Å². The van der Waals surface area contributed by atoms with Crippen molar-refractivity contribution in [1.82, 2.24) is 9.80 Å². The lowest BCUT2D eigenvalue weighted by atomic mass is 10.1. The molecule has 0 radical (unpaired) electrons. The number of amides is 1. The largest absolute Gasteiger partial charge is 0.496 e. The minimum atomic E-state index is 0.0369. The molecule has 0 aromatic heterocycles. The fourth-order valence-electron chi connectivity index (χ4n) is 3.93. The van der Waals surface area contributed by atoms with Crippen molar-refractivity contribution < 1.29 is 14.3 Å². The summed E-state index contributed by atoms with van der Waals surface area (Å²) in [6.07, 6.45) is 4.33. The molecule has 0 aliphatic carbocycles. The van der Waals surface area contributed by atoms with E-state index in [1.54, 1.807) is 19.2 Å². The maximum atomic E-state index is 13.2. The van der Waals surface area contributed by atoms with Crippen LogP contribution in [0.4, 0.5) is 0 Å². The number of halogens is 1. The van der Waals surface area contributed by atoms with Crippen molar-refractivity contribution >= 4 is 23.6 Å². The fourth-order valence-corrected chi connectivity index (χ4v) is 4.06. The van der Waals surface area contributed by atoms with E-state index in [0.29, 0.717) is 41.8 Å². The summed E-state index contributed by atoms with van der Waals surface area (Å²) >= 11 is 5.94. The molecule has 176 valence electrons. The Morgan fingerprint density at radius 2 is 1.71 bits per heavy atom. The molecule has 3 aromatic rings. The average molecular weight is 477 g/mol. The molecule has 0 saturated carbocycles. The molecule has 0 unspecified atom stereocenters. The third kappa shape index (κ3) is 6.40. The van der Waals surface area contributed by atoms with E-state index in [0.717, 1.165) is 25.2 Å². The number of carbonyl (C=O) groups excluding carboxylic acids is 1. The van der Waals surface area contributed by atoms with Crippen LogP contribution in [-0.4, -0.2) is 55.5 Å². The zero-order chi connectivity index (χ0) is 23.8. The number of rotatable bonds is 8. The van der Waals surface area contributed by atoms with E-state index in [1.807, 2.05) is 53.4 Å². The molecule has 5 nitrogen and oxygen atoms in total. The monoisotopic (exact) mass is 476 g/mol. The van der Waals surface area contributed by atoms with Gasteiger partial charge in [-0.05, 0) is 48.0 Å². The second kappa shape index (κ2) is 11.7. The quantitative estimate of drug-likeness (QED) is 0.436. The van der Waals surface area contributed by atoms with Gasteiger partial charge in [0.1, 0.15) is 18.1 Å². The zero-order valence-corrected chi connectivity index (χ0v) is 20.1. The SMILES string of the molecule is COc1ccc(C(=O)N2CCN(C/C=C/c3ccccc3)CC2)cc1COc1ccc(Cl)cc1. The molecule has 0 spiro atoms. The predicted molar refractivity (Wildman–Crippen MR) is 137 cm³/mol. The zero-order valence-electron chi connectivity index (χ0n) is 19.3. The van der Waals surface area contributed by atoms with Gasteiger partial charge in [0, 0.05) is 48.9 Å². The van der Waals surface area contributed by atoms with Crippen LogP contribution in [0.15, 0.2) is 78.9 Å². The normalized spacial score (nSPS) is 14.4. The number of piperazine rings is 1. The number of hydrogen-bond acceptors (Lipinski definition) is 4. The first kappa shape index (κ1) is 23.9. The van der Waals surface area contributed by atoms with Gasteiger partial charge in [-0.25, -0.2) is 0 Å². The summed E-state index contributed by atoms with van der Waals surface area (Å²) in [6, 6.07) is 23.0. The van der Waals surface area contributed by atoms with Crippen molar-refractivity contribution in [2.75, 3.05) is 39.8 Å². The Kier molecular flexibility index (Phi) is 8.23. The van der Waals surface area contributed by atoms with Crippen molar-refractivity contribution in [3.63, 3.8) is 0 Å². The van der Waals surface area contributed by atoms with Crippen LogP contribution in [0, 0.1) is 0 Å². The molecule has 4 rings (SSSR count). The van der Waals surface area contributed by atoms with Gasteiger partial charge in [-0.2, -0.15) is 0 Å². The maximum absolute atomic E-state index is 13.2. The van der Waals surface area contributed by atoms with Crippen molar-refractivity contribution in [3.05, 3.63) is 101 Å². The van der Waals surface area contributed by atoms with Gasteiger partial charge in [0.2, 0.25) is 0 Å². The van der Waals surface area contributed by atoms with Crippen molar-refractivity contribution in [1.29, 1.82) is 0 Å². The van der Waals surface area contributed by atoms with Gasteiger partial charge in [-0.3, -0.25) is 9.69 Å². The molecule has 34 heavy (non-hydrogen) atoms. The molecule has 3 aromatic carbocycles. The van der Waals surface area contributed by atoms with Crippen molar-refractivity contribution in [2.45, 2.75) is 6.61 Å². The summed E-state index contributed by atoms with van der Waals surface area (Å²) in [5.74, 6) is 1.44. The Morgan fingerprint density at radius 3 is 2.41 bits per heavy atom. The standard InChI is InChI=1S/C28H29ClN2O3/c1-33-27-14-9-23(20-24(27)21-34-26-12-10-25(29)11-13-26)28(32)31-18-16-30(17-19-31)15-5-8-22-6-3-2-4-7-22/h2-14,20H,15-19,21H2,1H3/b8-5+. The van der Waals surface area contributed by atoms with E-state index in [1.165, 1.54) is 5.56 Å². The van der Waals surface area contributed by atoms with Crippen molar-refractivity contribution in [2.24, 2.45) is 0 Å². The number of nitrogens with zero attached hydrogens (tertiary/aromatic N) is 2. The highest BCUT2D eigenvalue weighted by molar-refractivity contribution is 6.30. The Bertz CT molecular complexity index is 1110. The smallest absolute Gasteiger partial charge is 0.253 e. The third-order valence-corrected chi connectivity index (χ3v) is 6.12. The predicted octanol–water partition coefficient (Wildman–Crippen LogP) is 5.40. The Labute approximate surface area is 206 Å². The summed E-state index contributed by atoms with van der Waals surface area (Å²) in [4.78, 5) is 17.4. The first-order valence-electron chi connectivity index (χ1n) is 11.4. The van der Waals surface area contributed by atoms with Gasteiger partial charge >= 0.3 is 0 Å². The molecule has 1 saturated heterocycles. The van der Waals surface area contributed by atoms with Gasteiger partial charge in [-0.1, -0.05) is 54.1 Å². The molecule has 1 heterocycles. The van der Waals surface area contributed by atoms with Crippen LogP contribution in [0.5, 0.6) is 11.5 Å². The first-order valence-corrected chi connectivity index (χ1v) is 11.8. The van der Waals surface area contributed by atoms with Crippen LogP contribution in [0.25, 0.3) is 6.08 Å². The van der Waals surface area contributed by atoms with Crippen LogP contribution >= 0.6 is 11.6 Å². The lowest BCUT2D eigenvalue weighted by Gasteiger charge is -2.34. The lowest BCUT2D eigenvalue weighted by molar-refractivity contribution is 0.0650. The number of ether oxygens (including phenoxy) is 2. The Hall–Kier alpha value is -3.28. The van der Waals surface area contributed by atoms with Gasteiger partial charge in [0.05, 0.1) is 7.11 Å². The van der Waals surface area contributed by atoms with E-state index in [4.69, 9.17) is 21.1 Å². The third-order valence-electron chi connectivity index (χ3n) is 5.87. The molecule has 6 heteroatoms. The van der Waals surface area contributed by atoms with Crippen LogP contribution in [0.2, 0.25) is 5.02 Å². The number of hydrogen-bond donors (Lipinski definition) is 0. The summed E-state index contributed by atoms with van der Waals surface area (Å²) in [7, 11) is 1.62. The highest BCUT2D eigenvalue weighted by atomic mass is 35.5. The topological polar surface area (TPSA) is 42.0 Å². The average Bonchev–Trinajstić information content (AvgIpc) is 2.89. The lowest BCUT2D eigenvalue weighted by Crippen LogP contribution is -2.48. The molecule has 1 fully saturated rings. The second-order valence-electron chi connectivity index (χ2n) is 8.18. The minimum absolute atomic E-state index is 0.0369.